The van der Waals surface area contributed by atoms with E-state index in [9.17, 15) is 4.79 Å². The molecule has 0 spiro atoms. The lowest BCUT2D eigenvalue weighted by Crippen LogP contribution is -2.29. The van der Waals surface area contributed by atoms with E-state index in [1.807, 2.05) is 80.6 Å². The summed E-state index contributed by atoms with van der Waals surface area (Å²) in [7, 11) is 0. The molecule has 0 aliphatic carbocycles. The van der Waals surface area contributed by atoms with Crippen molar-refractivity contribution in [2.24, 2.45) is 0 Å². The van der Waals surface area contributed by atoms with Crippen molar-refractivity contribution in [1.82, 2.24) is 19.8 Å². The topological polar surface area (TPSA) is 78.6 Å². The van der Waals surface area contributed by atoms with Gasteiger partial charge in [0, 0.05) is 24.5 Å². The Bertz CT molecular complexity index is 1280. The predicted octanol–water partition coefficient (Wildman–Crippen LogP) is 5.05. The van der Waals surface area contributed by atoms with E-state index in [4.69, 9.17) is 14.6 Å². The van der Waals surface area contributed by atoms with Crippen molar-refractivity contribution in [3.8, 4) is 17.0 Å². The Balaban J connectivity index is 1.38. The number of nitrogens with zero attached hydrogens (tertiary/aromatic N) is 4. The van der Waals surface area contributed by atoms with E-state index < -0.39 is 5.60 Å². The average molecular weight is 457 g/mol. The van der Waals surface area contributed by atoms with E-state index >= 15 is 0 Å². The molecule has 174 valence electrons. The Labute approximate surface area is 199 Å². The van der Waals surface area contributed by atoms with Crippen LogP contribution >= 0.6 is 0 Å². The fraction of sp³-hybridized carbons (Fsp3) is 0.259. The number of benzene rings is 2. The van der Waals surface area contributed by atoms with Crippen LogP contribution in [-0.2, 0) is 16.0 Å². The van der Waals surface area contributed by atoms with Crippen LogP contribution < -0.4 is 4.74 Å². The summed E-state index contributed by atoms with van der Waals surface area (Å²) < 4.78 is 13.1. The number of carbonyl (C=O) groups is 1. The van der Waals surface area contributed by atoms with E-state index in [1.54, 1.807) is 17.5 Å². The highest BCUT2D eigenvalue weighted by atomic mass is 16.6. The molecule has 2 aromatic carbocycles. The molecule has 4 aromatic rings. The molecule has 0 fully saturated rings. The van der Waals surface area contributed by atoms with E-state index in [0.29, 0.717) is 25.1 Å². The first-order valence-corrected chi connectivity index (χ1v) is 11.3. The first-order valence-electron chi connectivity index (χ1n) is 11.3. The fourth-order valence-electron chi connectivity index (χ4n) is 3.50. The predicted molar refractivity (Wildman–Crippen MR) is 131 cm³/mol. The third-order valence-corrected chi connectivity index (χ3v) is 5.34. The SMILES string of the molecule is CC=CC(=O)OC(C)(C)CCOc1ccc(Cc2nnc3ccc(-c4ccccc4)nn23)cc1. The zero-order valence-corrected chi connectivity index (χ0v) is 19.6. The van der Waals surface area contributed by atoms with Gasteiger partial charge in [0.2, 0.25) is 0 Å². The second kappa shape index (κ2) is 10.3. The zero-order valence-electron chi connectivity index (χ0n) is 19.6. The molecule has 7 heteroatoms. The van der Waals surface area contributed by atoms with Crippen LogP contribution in [0.15, 0.2) is 78.9 Å². The summed E-state index contributed by atoms with van der Waals surface area (Å²) in [5.74, 6) is 1.18. The van der Waals surface area contributed by atoms with Crippen LogP contribution in [0.3, 0.4) is 0 Å². The number of carbonyl (C=O) groups excluding carboxylic acids is 1. The summed E-state index contributed by atoms with van der Waals surface area (Å²) in [6.45, 7) is 5.98. The van der Waals surface area contributed by atoms with Gasteiger partial charge >= 0.3 is 5.97 Å². The molecular weight excluding hydrogens is 428 g/mol. The molecule has 0 saturated heterocycles. The lowest BCUT2D eigenvalue weighted by molar-refractivity contribution is -0.151. The van der Waals surface area contributed by atoms with Crippen LogP contribution in [0.2, 0.25) is 0 Å². The van der Waals surface area contributed by atoms with Gasteiger partial charge in [0.05, 0.1) is 12.3 Å². The van der Waals surface area contributed by atoms with Gasteiger partial charge in [-0.25, -0.2) is 4.79 Å². The van der Waals surface area contributed by atoms with Crippen molar-refractivity contribution in [2.75, 3.05) is 6.61 Å². The van der Waals surface area contributed by atoms with Crippen molar-refractivity contribution in [2.45, 2.75) is 39.2 Å². The Morgan fingerprint density at radius 3 is 2.50 bits per heavy atom. The molecule has 7 nitrogen and oxygen atoms in total. The quantitative estimate of drug-likeness (QED) is 0.259. The Hall–Kier alpha value is -4.00. The molecular formula is C27H28N4O3. The van der Waals surface area contributed by atoms with Crippen LogP contribution in [0.5, 0.6) is 5.75 Å². The van der Waals surface area contributed by atoms with E-state index in [0.717, 1.165) is 28.4 Å². The first-order chi connectivity index (χ1) is 16.4. The molecule has 0 atom stereocenters. The molecule has 0 saturated carbocycles. The smallest absolute Gasteiger partial charge is 0.330 e. The Morgan fingerprint density at radius 2 is 1.76 bits per heavy atom. The highest BCUT2D eigenvalue weighted by Gasteiger charge is 2.21. The van der Waals surface area contributed by atoms with Gasteiger partial charge < -0.3 is 9.47 Å². The van der Waals surface area contributed by atoms with Crippen molar-refractivity contribution in [1.29, 1.82) is 0 Å². The molecule has 2 aromatic heterocycles. The largest absolute Gasteiger partial charge is 0.493 e. The Kier molecular flexibility index (Phi) is 7.01. The number of hydrogen-bond acceptors (Lipinski definition) is 6. The number of rotatable bonds is 9. The lowest BCUT2D eigenvalue weighted by atomic mass is 10.1. The monoisotopic (exact) mass is 456 g/mol. The average Bonchev–Trinajstić information content (AvgIpc) is 3.22. The first kappa shape index (κ1) is 23.2. The van der Waals surface area contributed by atoms with Crippen LogP contribution in [0.4, 0.5) is 0 Å². The molecule has 0 N–H and O–H groups in total. The standard InChI is InChI=1S/C27H28N4O3/c1-4-8-26(32)34-27(2,3)17-18-33-22-13-11-20(12-14-22)19-25-29-28-24-16-15-23(30-31(24)25)21-9-6-5-7-10-21/h4-16H,17-19H2,1-3H3. The lowest BCUT2D eigenvalue weighted by Gasteiger charge is -2.24. The highest BCUT2D eigenvalue weighted by molar-refractivity contribution is 5.82. The number of esters is 1. The number of hydrogen-bond donors (Lipinski definition) is 0. The second-order valence-corrected chi connectivity index (χ2v) is 8.57. The van der Waals surface area contributed by atoms with Gasteiger partial charge in [-0.15, -0.1) is 10.2 Å². The highest BCUT2D eigenvalue weighted by Crippen LogP contribution is 2.20. The van der Waals surface area contributed by atoms with Crippen molar-refractivity contribution >= 4 is 11.6 Å². The van der Waals surface area contributed by atoms with Gasteiger partial charge in [0.1, 0.15) is 11.4 Å². The summed E-state index contributed by atoms with van der Waals surface area (Å²) in [4.78, 5) is 11.7. The second-order valence-electron chi connectivity index (χ2n) is 8.57. The van der Waals surface area contributed by atoms with Crippen LogP contribution in [0, 0.1) is 0 Å². The molecule has 0 aliphatic rings. The maximum atomic E-state index is 11.7. The summed E-state index contributed by atoms with van der Waals surface area (Å²) in [5.41, 5.74) is 3.11. The zero-order chi connectivity index (χ0) is 24.0. The summed E-state index contributed by atoms with van der Waals surface area (Å²) >= 11 is 0. The van der Waals surface area contributed by atoms with Crippen LogP contribution in [0.25, 0.3) is 16.9 Å². The molecule has 0 unspecified atom stereocenters. The maximum Gasteiger partial charge on any atom is 0.330 e. The number of ether oxygens (including phenoxy) is 2. The van der Waals surface area contributed by atoms with E-state index in [2.05, 4.69) is 10.2 Å². The third-order valence-electron chi connectivity index (χ3n) is 5.34. The third kappa shape index (κ3) is 5.86. The van der Waals surface area contributed by atoms with Gasteiger partial charge in [-0.3, -0.25) is 0 Å². The van der Waals surface area contributed by atoms with Gasteiger partial charge in [-0.1, -0.05) is 48.5 Å². The minimum atomic E-state index is -0.600. The van der Waals surface area contributed by atoms with Crippen LogP contribution in [0.1, 0.15) is 38.6 Å². The number of allylic oxidation sites excluding steroid dienone is 1. The number of aromatic nitrogens is 4. The van der Waals surface area contributed by atoms with E-state index in [-0.39, 0.29) is 5.97 Å². The molecule has 0 bridgehead atoms. The minimum absolute atomic E-state index is 0.344. The summed E-state index contributed by atoms with van der Waals surface area (Å²) in [6, 6.07) is 21.8. The summed E-state index contributed by atoms with van der Waals surface area (Å²) in [5, 5.41) is 13.3. The maximum absolute atomic E-state index is 11.7. The fourth-order valence-corrected chi connectivity index (χ4v) is 3.50. The van der Waals surface area contributed by atoms with Crippen molar-refractivity contribution in [3.05, 3.63) is 90.3 Å². The van der Waals surface area contributed by atoms with Crippen LogP contribution in [-0.4, -0.2) is 38.0 Å². The molecule has 0 radical (unpaired) electrons. The normalized spacial score (nSPS) is 11.7. The molecule has 2 heterocycles. The Morgan fingerprint density at radius 1 is 1.00 bits per heavy atom. The van der Waals surface area contributed by atoms with Gasteiger partial charge in [-0.2, -0.15) is 9.61 Å². The van der Waals surface area contributed by atoms with Crippen molar-refractivity contribution < 1.29 is 14.3 Å². The molecule has 0 amide bonds. The van der Waals surface area contributed by atoms with Crippen molar-refractivity contribution in [3.63, 3.8) is 0 Å². The van der Waals surface area contributed by atoms with Gasteiger partial charge in [0.25, 0.3) is 0 Å². The summed E-state index contributed by atoms with van der Waals surface area (Å²) in [6.07, 6.45) is 4.26. The molecule has 34 heavy (non-hydrogen) atoms. The number of fused-ring (bicyclic) bond motifs is 1. The van der Waals surface area contributed by atoms with E-state index in [1.165, 1.54) is 6.08 Å². The van der Waals surface area contributed by atoms with Gasteiger partial charge in [0.15, 0.2) is 11.5 Å². The minimum Gasteiger partial charge on any atom is -0.493 e. The van der Waals surface area contributed by atoms with Gasteiger partial charge in [-0.05, 0) is 50.6 Å². The molecule has 4 rings (SSSR count). The molecule has 0 aliphatic heterocycles.